The molecule has 2 aromatic heterocycles. The van der Waals surface area contributed by atoms with E-state index in [-0.39, 0.29) is 5.91 Å². The molecule has 148 valence electrons. The summed E-state index contributed by atoms with van der Waals surface area (Å²) in [6.45, 7) is 5.88. The van der Waals surface area contributed by atoms with Crippen molar-refractivity contribution in [1.29, 1.82) is 0 Å². The highest BCUT2D eigenvalue weighted by atomic mass is 35.5. The van der Waals surface area contributed by atoms with Crippen molar-refractivity contribution < 1.29 is 4.79 Å². The SMILES string of the molecule is Cc1cc(CN(Cc2nn(C)cc2Cl)C(=O)CCN2CCCCC2)nn1C. The van der Waals surface area contributed by atoms with Gasteiger partial charge in [-0.1, -0.05) is 18.0 Å². The highest BCUT2D eigenvalue weighted by Crippen LogP contribution is 2.18. The van der Waals surface area contributed by atoms with Gasteiger partial charge in [-0.15, -0.1) is 0 Å². The second-order valence-electron chi connectivity index (χ2n) is 7.40. The first kappa shape index (κ1) is 19.9. The molecule has 1 aliphatic rings. The van der Waals surface area contributed by atoms with Gasteiger partial charge in [0.1, 0.15) is 5.69 Å². The number of rotatable bonds is 7. The monoisotopic (exact) mass is 392 g/mol. The average Bonchev–Trinajstić information content (AvgIpc) is 3.13. The molecule has 3 rings (SSSR count). The van der Waals surface area contributed by atoms with Crippen molar-refractivity contribution in [2.75, 3.05) is 19.6 Å². The van der Waals surface area contributed by atoms with Crippen LogP contribution in [0.5, 0.6) is 0 Å². The molecule has 0 saturated carbocycles. The summed E-state index contributed by atoms with van der Waals surface area (Å²) in [5, 5.41) is 9.49. The number of hydrogen-bond acceptors (Lipinski definition) is 4. The Morgan fingerprint density at radius 1 is 1.19 bits per heavy atom. The number of likely N-dealkylation sites (tertiary alicyclic amines) is 1. The fourth-order valence-corrected chi connectivity index (χ4v) is 3.77. The lowest BCUT2D eigenvalue weighted by Crippen LogP contribution is -2.36. The van der Waals surface area contributed by atoms with E-state index in [1.54, 1.807) is 10.9 Å². The zero-order valence-corrected chi connectivity index (χ0v) is 17.2. The van der Waals surface area contributed by atoms with Gasteiger partial charge in [-0.05, 0) is 38.9 Å². The first-order chi connectivity index (χ1) is 12.9. The third-order valence-electron chi connectivity index (χ3n) is 5.16. The summed E-state index contributed by atoms with van der Waals surface area (Å²) in [7, 11) is 3.75. The molecule has 0 unspecified atom stereocenters. The molecule has 27 heavy (non-hydrogen) atoms. The van der Waals surface area contributed by atoms with Gasteiger partial charge in [0.05, 0.1) is 23.8 Å². The summed E-state index contributed by atoms with van der Waals surface area (Å²) in [6, 6.07) is 2.02. The Kier molecular flexibility index (Phi) is 6.55. The normalized spacial score (nSPS) is 15.3. The van der Waals surface area contributed by atoms with E-state index in [0.717, 1.165) is 36.7 Å². The lowest BCUT2D eigenvalue weighted by atomic mass is 10.1. The summed E-state index contributed by atoms with van der Waals surface area (Å²) >= 11 is 6.28. The molecule has 8 heteroatoms. The Balaban J connectivity index is 1.69. The summed E-state index contributed by atoms with van der Waals surface area (Å²) in [6.07, 6.45) is 6.03. The number of carbonyl (C=O) groups excluding carboxylic acids is 1. The standard InChI is InChI=1S/C19H29ClN6O/c1-15-11-16(21-24(15)3)12-26(14-18-17(20)13-23(2)22-18)19(27)7-10-25-8-5-4-6-9-25/h11,13H,4-10,12,14H2,1-3H3. The highest BCUT2D eigenvalue weighted by Gasteiger charge is 2.20. The van der Waals surface area contributed by atoms with E-state index in [4.69, 9.17) is 11.6 Å². The number of nitrogens with zero attached hydrogens (tertiary/aromatic N) is 6. The fourth-order valence-electron chi connectivity index (χ4n) is 3.53. The van der Waals surface area contributed by atoms with Crippen molar-refractivity contribution in [2.45, 2.75) is 45.7 Å². The minimum absolute atomic E-state index is 0.116. The molecular weight excluding hydrogens is 364 g/mol. The number of carbonyl (C=O) groups is 1. The quantitative estimate of drug-likeness (QED) is 0.726. The minimum Gasteiger partial charge on any atom is -0.331 e. The van der Waals surface area contributed by atoms with Gasteiger partial charge in [-0.3, -0.25) is 14.2 Å². The smallest absolute Gasteiger partial charge is 0.224 e. The molecule has 0 spiro atoms. The summed E-state index contributed by atoms with van der Waals surface area (Å²) < 4.78 is 3.51. The number of aryl methyl sites for hydroxylation is 3. The topological polar surface area (TPSA) is 59.2 Å². The molecule has 7 nitrogen and oxygen atoms in total. The number of piperidine rings is 1. The molecule has 1 aliphatic heterocycles. The molecule has 0 atom stereocenters. The van der Waals surface area contributed by atoms with Crippen LogP contribution in [0.3, 0.4) is 0 Å². The van der Waals surface area contributed by atoms with Crippen LogP contribution in [0.4, 0.5) is 0 Å². The van der Waals surface area contributed by atoms with Crippen LogP contribution in [-0.4, -0.2) is 54.9 Å². The van der Waals surface area contributed by atoms with Gasteiger partial charge in [-0.25, -0.2) is 0 Å². The van der Waals surface area contributed by atoms with Crippen LogP contribution in [0.1, 0.15) is 42.8 Å². The zero-order valence-electron chi connectivity index (χ0n) is 16.5. The second kappa shape index (κ2) is 8.89. The summed E-state index contributed by atoms with van der Waals surface area (Å²) in [5.74, 6) is 0.116. The van der Waals surface area contributed by atoms with Crippen LogP contribution in [0.15, 0.2) is 12.3 Å². The zero-order chi connectivity index (χ0) is 19.4. The van der Waals surface area contributed by atoms with E-state index in [9.17, 15) is 4.79 Å². The molecule has 0 bridgehead atoms. The lowest BCUT2D eigenvalue weighted by molar-refractivity contribution is -0.133. The van der Waals surface area contributed by atoms with Crippen LogP contribution >= 0.6 is 11.6 Å². The van der Waals surface area contributed by atoms with E-state index in [0.29, 0.717) is 24.5 Å². The predicted molar refractivity (Wildman–Crippen MR) is 105 cm³/mol. The van der Waals surface area contributed by atoms with Crippen molar-refractivity contribution in [1.82, 2.24) is 29.4 Å². The number of halogens is 1. The van der Waals surface area contributed by atoms with Gasteiger partial charge >= 0.3 is 0 Å². The highest BCUT2D eigenvalue weighted by molar-refractivity contribution is 6.31. The number of amides is 1. The van der Waals surface area contributed by atoms with Crippen molar-refractivity contribution in [2.24, 2.45) is 14.1 Å². The van der Waals surface area contributed by atoms with Crippen LogP contribution in [-0.2, 0) is 32.0 Å². The molecular formula is C19H29ClN6O. The molecule has 0 aliphatic carbocycles. The summed E-state index contributed by atoms with van der Waals surface area (Å²) in [4.78, 5) is 17.2. The molecule has 0 aromatic carbocycles. The Morgan fingerprint density at radius 3 is 2.52 bits per heavy atom. The molecule has 2 aromatic rings. The molecule has 0 N–H and O–H groups in total. The van der Waals surface area contributed by atoms with E-state index in [2.05, 4.69) is 15.1 Å². The Morgan fingerprint density at radius 2 is 1.93 bits per heavy atom. The second-order valence-corrected chi connectivity index (χ2v) is 7.81. The number of hydrogen-bond donors (Lipinski definition) is 0. The predicted octanol–water partition coefficient (Wildman–Crippen LogP) is 2.52. The third-order valence-corrected chi connectivity index (χ3v) is 5.47. The van der Waals surface area contributed by atoms with Crippen LogP contribution in [0, 0.1) is 6.92 Å². The van der Waals surface area contributed by atoms with E-state index in [1.165, 1.54) is 19.3 Å². The van der Waals surface area contributed by atoms with Gasteiger partial charge in [0.15, 0.2) is 0 Å². The maximum Gasteiger partial charge on any atom is 0.224 e. The Labute approximate surface area is 165 Å². The first-order valence-electron chi connectivity index (χ1n) is 9.60. The Bertz CT molecular complexity index is 758. The van der Waals surface area contributed by atoms with E-state index in [1.807, 2.05) is 36.7 Å². The lowest BCUT2D eigenvalue weighted by Gasteiger charge is -2.27. The molecule has 0 radical (unpaired) electrons. The van der Waals surface area contributed by atoms with Crippen molar-refractivity contribution in [3.8, 4) is 0 Å². The maximum atomic E-state index is 13.0. The average molecular weight is 393 g/mol. The maximum absolute atomic E-state index is 13.0. The van der Waals surface area contributed by atoms with Crippen molar-refractivity contribution in [3.05, 3.63) is 34.4 Å². The van der Waals surface area contributed by atoms with E-state index >= 15 is 0 Å². The fraction of sp³-hybridized carbons (Fsp3) is 0.632. The minimum atomic E-state index is 0.116. The first-order valence-corrected chi connectivity index (χ1v) is 9.98. The number of aromatic nitrogens is 4. The van der Waals surface area contributed by atoms with Gasteiger partial charge in [0.25, 0.3) is 0 Å². The van der Waals surface area contributed by atoms with Crippen LogP contribution in [0.25, 0.3) is 0 Å². The van der Waals surface area contributed by atoms with Crippen molar-refractivity contribution >= 4 is 17.5 Å². The van der Waals surface area contributed by atoms with Gasteiger partial charge in [0.2, 0.25) is 5.91 Å². The summed E-state index contributed by atoms with van der Waals surface area (Å²) in [5.41, 5.74) is 2.67. The largest absolute Gasteiger partial charge is 0.331 e. The molecule has 1 amide bonds. The van der Waals surface area contributed by atoms with Gasteiger partial charge in [-0.2, -0.15) is 10.2 Å². The van der Waals surface area contributed by atoms with Gasteiger partial charge < -0.3 is 9.80 Å². The van der Waals surface area contributed by atoms with Gasteiger partial charge in [0, 0.05) is 39.0 Å². The molecule has 3 heterocycles. The third kappa shape index (κ3) is 5.32. The Hall–Kier alpha value is -1.86. The van der Waals surface area contributed by atoms with Crippen molar-refractivity contribution in [3.63, 3.8) is 0 Å². The van der Waals surface area contributed by atoms with Crippen LogP contribution < -0.4 is 0 Å². The molecule has 1 fully saturated rings. The molecule has 1 saturated heterocycles. The van der Waals surface area contributed by atoms with E-state index < -0.39 is 0 Å². The van der Waals surface area contributed by atoms with Crippen LogP contribution in [0.2, 0.25) is 5.02 Å².